The molecule has 1 aromatic rings. The fraction of sp³-hybridized carbons (Fsp3) is 0.625. The molecule has 1 rings (SSSR count). The number of rotatable bonds is 15. The predicted octanol–water partition coefficient (Wildman–Crippen LogP) is 1.49. The third-order valence-corrected chi connectivity index (χ3v) is 5.32. The molecular formula is C24H40N4O4. The van der Waals surface area contributed by atoms with E-state index in [0.29, 0.717) is 12.8 Å². The summed E-state index contributed by atoms with van der Waals surface area (Å²) in [6, 6.07) is 5.32. The molecule has 0 heterocycles. The van der Waals surface area contributed by atoms with Crippen LogP contribution >= 0.6 is 0 Å². The van der Waals surface area contributed by atoms with Crippen LogP contribution in [0.3, 0.4) is 0 Å². The Hall–Kier alpha value is -2.29. The van der Waals surface area contributed by atoms with Crippen molar-refractivity contribution in [3.8, 4) is 0 Å². The lowest BCUT2D eigenvalue weighted by atomic mass is 9.91. The second kappa shape index (κ2) is 14.7. The average molecular weight is 449 g/mol. The van der Waals surface area contributed by atoms with Gasteiger partial charge in [0.1, 0.15) is 12.1 Å². The Balaban J connectivity index is 2.61. The summed E-state index contributed by atoms with van der Waals surface area (Å²) in [5, 5.41) is 5.22. The van der Waals surface area contributed by atoms with Gasteiger partial charge in [0.05, 0.1) is 13.2 Å². The van der Waals surface area contributed by atoms with Crippen LogP contribution in [0.4, 0.5) is 0 Å². The van der Waals surface area contributed by atoms with Crippen LogP contribution in [0.1, 0.15) is 56.2 Å². The maximum atomic E-state index is 12.6. The molecule has 0 aliphatic heterocycles. The molecule has 0 fully saturated rings. The van der Waals surface area contributed by atoms with E-state index < -0.39 is 24.0 Å². The van der Waals surface area contributed by atoms with Crippen molar-refractivity contribution in [2.45, 2.75) is 72.1 Å². The van der Waals surface area contributed by atoms with E-state index in [4.69, 9.17) is 16.2 Å². The van der Waals surface area contributed by atoms with Gasteiger partial charge in [-0.15, -0.1) is 0 Å². The van der Waals surface area contributed by atoms with Gasteiger partial charge in [-0.1, -0.05) is 49.6 Å². The molecule has 2 amide bonds. The number of Topliss-reactive ketones (excluding diaryl/α,β-unsaturated/α-hetero) is 1. The minimum absolute atomic E-state index is 0.0214. The SMILES string of the molecule is CCCC(CC)C(=O)[C@H](CN)NC(=O)CNC(=O)[C@H](CCN)OCc1cc(C)cc(C)c1. The first-order valence-corrected chi connectivity index (χ1v) is 11.4. The van der Waals surface area contributed by atoms with E-state index >= 15 is 0 Å². The number of nitrogens with one attached hydrogen (secondary N) is 2. The van der Waals surface area contributed by atoms with Gasteiger partial charge < -0.3 is 26.8 Å². The molecule has 3 atom stereocenters. The van der Waals surface area contributed by atoms with E-state index in [0.717, 1.165) is 29.5 Å². The van der Waals surface area contributed by atoms with Crippen LogP contribution in [0, 0.1) is 19.8 Å². The van der Waals surface area contributed by atoms with Crippen LogP contribution in [0.25, 0.3) is 0 Å². The Bertz CT molecular complexity index is 733. The van der Waals surface area contributed by atoms with Crippen molar-refractivity contribution >= 4 is 17.6 Å². The first-order chi connectivity index (χ1) is 15.2. The van der Waals surface area contributed by atoms with Crippen LogP contribution in [0.15, 0.2) is 18.2 Å². The van der Waals surface area contributed by atoms with E-state index in [1.54, 1.807) is 0 Å². The summed E-state index contributed by atoms with van der Waals surface area (Å²) in [6.07, 6.45) is 1.91. The van der Waals surface area contributed by atoms with Crippen molar-refractivity contribution < 1.29 is 19.1 Å². The predicted molar refractivity (Wildman–Crippen MR) is 126 cm³/mol. The Morgan fingerprint density at radius 1 is 1.03 bits per heavy atom. The fourth-order valence-electron chi connectivity index (χ4n) is 3.74. The molecule has 0 saturated carbocycles. The van der Waals surface area contributed by atoms with Gasteiger partial charge in [0, 0.05) is 12.5 Å². The monoisotopic (exact) mass is 448 g/mol. The van der Waals surface area contributed by atoms with Crippen LogP contribution < -0.4 is 22.1 Å². The second-order valence-corrected chi connectivity index (χ2v) is 8.24. The summed E-state index contributed by atoms with van der Waals surface area (Å²) in [5.41, 5.74) is 14.6. The van der Waals surface area contributed by atoms with Crippen molar-refractivity contribution in [3.63, 3.8) is 0 Å². The number of nitrogens with two attached hydrogens (primary N) is 2. The largest absolute Gasteiger partial charge is 0.364 e. The highest BCUT2D eigenvalue weighted by molar-refractivity contribution is 5.92. The number of ketones is 1. The van der Waals surface area contributed by atoms with E-state index in [9.17, 15) is 14.4 Å². The highest BCUT2D eigenvalue weighted by Gasteiger charge is 2.26. The van der Waals surface area contributed by atoms with Crippen LogP contribution in [0.2, 0.25) is 0 Å². The number of aryl methyl sites for hydroxylation is 2. The number of hydrogen-bond acceptors (Lipinski definition) is 6. The quantitative estimate of drug-likeness (QED) is 0.321. The van der Waals surface area contributed by atoms with Gasteiger partial charge in [0.25, 0.3) is 0 Å². The molecule has 8 heteroatoms. The van der Waals surface area contributed by atoms with Crippen molar-refractivity contribution in [2.75, 3.05) is 19.6 Å². The maximum Gasteiger partial charge on any atom is 0.249 e. The van der Waals surface area contributed by atoms with Crippen molar-refractivity contribution in [2.24, 2.45) is 17.4 Å². The lowest BCUT2D eigenvalue weighted by Crippen LogP contribution is -2.51. The first-order valence-electron chi connectivity index (χ1n) is 11.4. The standard InChI is InChI=1S/C24H40N4O4/c1-5-7-19(6-2)23(30)20(13-26)28-22(29)14-27-24(31)21(8-9-25)32-15-18-11-16(3)10-17(4)12-18/h10-12,19-21H,5-9,13-15,25-26H2,1-4H3,(H,27,31)(H,28,29)/t19?,20-,21-/m0/s1. The third-order valence-electron chi connectivity index (χ3n) is 5.32. The summed E-state index contributed by atoms with van der Waals surface area (Å²) < 4.78 is 5.79. The lowest BCUT2D eigenvalue weighted by Gasteiger charge is -2.22. The fourth-order valence-corrected chi connectivity index (χ4v) is 3.74. The number of amides is 2. The van der Waals surface area contributed by atoms with E-state index in [1.165, 1.54) is 0 Å². The summed E-state index contributed by atoms with van der Waals surface area (Å²) in [7, 11) is 0. The zero-order valence-corrected chi connectivity index (χ0v) is 19.9. The minimum Gasteiger partial charge on any atom is -0.364 e. The molecule has 1 aromatic carbocycles. The number of hydrogen-bond donors (Lipinski definition) is 4. The summed E-state index contributed by atoms with van der Waals surface area (Å²) >= 11 is 0. The second-order valence-electron chi connectivity index (χ2n) is 8.24. The molecule has 6 N–H and O–H groups in total. The van der Waals surface area contributed by atoms with Crippen molar-refractivity contribution in [3.05, 3.63) is 34.9 Å². The van der Waals surface area contributed by atoms with Gasteiger partial charge in [-0.2, -0.15) is 0 Å². The molecule has 0 saturated heterocycles. The molecule has 0 radical (unpaired) electrons. The van der Waals surface area contributed by atoms with Gasteiger partial charge in [0.2, 0.25) is 11.8 Å². The molecule has 0 spiro atoms. The summed E-state index contributed by atoms with van der Waals surface area (Å²) in [5.74, 6) is -1.07. The van der Waals surface area contributed by atoms with Crippen LogP contribution in [0.5, 0.6) is 0 Å². The van der Waals surface area contributed by atoms with E-state index in [1.807, 2.05) is 39.8 Å². The minimum atomic E-state index is -0.769. The zero-order valence-electron chi connectivity index (χ0n) is 19.9. The number of ether oxygens (including phenoxy) is 1. The molecule has 1 unspecified atom stereocenters. The summed E-state index contributed by atoms with van der Waals surface area (Å²) in [6.45, 7) is 8.27. The number of carbonyl (C=O) groups excluding carboxylic acids is 3. The normalized spacial score (nSPS) is 13.8. The molecule has 0 aliphatic carbocycles. The van der Waals surface area contributed by atoms with Crippen LogP contribution in [-0.4, -0.2) is 49.4 Å². The highest BCUT2D eigenvalue weighted by Crippen LogP contribution is 2.14. The Morgan fingerprint density at radius 3 is 2.22 bits per heavy atom. The number of carbonyl (C=O) groups is 3. The van der Waals surface area contributed by atoms with Crippen molar-refractivity contribution in [1.29, 1.82) is 0 Å². The topological polar surface area (TPSA) is 137 Å². The summed E-state index contributed by atoms with van der Waals surface area (Å²) in [4.78, 5) is 37.5. The van der Waals surface area contributed by atoms with Gasteiger partial charge in [-0.05, 0) is 45.2 Å². The first kappa shape index (κ1) is 27.7. The Labute approximate surface area is 191 Å². The average Bonchev–Trinajstić information content (AvgIpc) is 2.75. The Kier molecular flexibility index (Phi) is 12.8. The number of benzene rings is 1. The molecule has 0 bridgehead atoms. The molecule has 32 heavy (non-hydrogen) atoms. The Morgan fingerprint density at radius 2 is 1.69 bits per heavy atom. The van der Waals surface area contributed by atoms with Gasteiger partial charge in [0.15, 0.2) is 5.78 Å². The lowest BCUT2D eigenvalue weighted by molar-refractivity contribution is -0.136. The molecular weight excluding hydrogens is 408 g/mol. The van der Waals surface area contributed by atoms with Gasteiger partial charge in [-0.25, -0.2) is 0 Å². The smallest absolute Gasteiger partial charge is 0.249 e. The van der Waals surface area contributed by atoms with Crippen molar-refractivity contribution in [1.82, 2.24) is 10.6 Å². The molecule has 8 nitrogen and oxygen atoms in total. The maximum absolute atomic E-state index is 12.6. The molecule has 0 aromatic heterocycles. The van der Waals surface area contributed by atoms with E-state index in [-0.39, 0.29) is 37.9 Å². The van der Waals surface area contributed by atoms with Crippen LogP contribution in [-0.2, 0) is 25.7 Å². The van der Waals surface area contributed by atoms with Gasteiger partial charge >= 0.3 is 0 Å². The molecule has 0 aliphatic rings. The highest BCUT2D eigenvalue weighted by atomic mass is 16.5. The molecule has 180 valence electrons. The van der Waals surface area contributed by atoms with E-state index in [2.05, 4.69) is 16.7 Å². The zero-order chi connectivity index (χ0) is 24.1. The third kappa shape index (κ3) is 9.46. The van der Waals surface area contributed by atoms with Gasteiger partial charge in [-0.3, -0.25) is 14.4 Å².